The molecular weight excluding hydrogens is 292 g/mol. The number of nitrogens with zero attached hydrogens (tertiary/aromatic N) is 3. The summed E-state index contributed by atoms with van der Waals surface area (Å²) in [5, 5.41) is 0. The Hall–Kier alpha value is -1.69. The molecule has 1 aliphatic carbocycles. The first-order chi connectivity index (χ1) is 11.0. The smallest absolute Gasteiger partial charge is 0.254 e. The average Bonchev–Trinajstić information content (AvgIpc) is 3.35. The Morgan fingerprint density at radius 1 is 1.35 bits per heavy atom. The molecule has 2 aliphatic rings. The summed E-state index contributed by atoms with van der Waals surface area (Å²) >= 11 is 0. The molecule has 1 saturated heterocycles. The van der Waals surface area contributed by atoms with Gasteiger partial charge in [-0.2, -0.15) is 0 Å². The molecule has 1 aliphatic heterocycles. The standard InChI is InChI=1S/C17H26N4O2/c1-4-15-18-12(3)14(17(23)19-15)9-16(22)21-8-7-20(10-11(21)2)13-5-6-13/h11,13H,4-10H2,1-3H3,(H,18,19,23). The van der Waals surface area contributed by atoms with Gasteiger partial charge in [0.2, 0.25) is 5.91 Å². The van der Waals surface area contributed by atoms with E-state index in [9.17, 15) is 9.59 Å². The maximum Gasteiger partial charge on any atom is 0.254 e. The van der Waals surface area contributed by atoms with Crippen LogP contribution in [0.2, 0.25) is 0 Å². The van der Waals surface area contributed by atoms with Crippen molar-refractivity contribution in [2.45, 2.75) is 58.5 Å². The maximum atomic E-state index is 12.7. The Kier molecular flexibility index (Phi) is 4.53. The van der Waals surface area contributed by atoms with E-state index in [4.69, 9.17) is 0 Å². The number of aryl methyl sites for hydroxylation is 2. The zero-order valence-corrected chi connectivity index (χ0v) is 14.3. The van der Waals surface area contributed by atoms with Crippen LogP contribution in [0.15, 0.2) is 4.79 Å². The maximum absolute atomic E-state index is 12.7. The lowest BCUT2D eigenvalue weighted by Gasteiger charge is -2.40. The number of aromatic amines is 1. The summed E-state index contributed by atoms with van der Waals surface area (Å²) in [6.45, 7) is 8.51. The monoisotopic (exact) mass is 318 g/mol. The van der Waals surface area contributed by atoms with Crippen LogP contribution in [-0.2, 0) is 17.6 Å². The first kappa shape index (κ1) is 16.2. The fourth-order valence-electron chi connectivity index (χ4n) is 3.42. The number of piperazine rings is 1. The molecule has 1 saturated carbocycles. The average molecular weight is 318 g/mol. The van der Waals surface area contributed by atoms with Gasteiger partial charge in [0, 0.05) is 49.4 Å². The summed E-state index contributed by atoms with van der Waals surface area (Å²) in [4.78, 5) is 36.4. The topological polar surface area (TPSA) is 69.3 Å². The molecule has 6 heteroatoms. The molecule has 2 heterocycles. The number of nitrogens with one attached hydrogen (secondary N) is 1. The molecular formula is C17H26N4O2. The van der Waals surface area contributed by atoms with E-state index in [1.165, 1.54) is 12.8 Å². The molecule has 1 atom stereocenters. The third kappa shape index (κ3) is 3.47. The molecule has 1 amide bonds. The molecule has 0 radical (unpaired) electrons. The van der Waals surface area contributed by atoms with Gasteiger partial charge >= 0.3 is 0 Å². The highest BCUT2D eigenvalue weighted by atomic mass is 16.2. The fourth-order valence-corrected chi connectivity index (χ4v) is 3.42. The summed E-state index contributed by atoms with van der Waals surface area (Å²) < 4.78 is 0. The van der Waals surface area contributed by atoms with Crippen molar-refractivity contribution in [3.63, 3.8) is 0 Å². The first-order valence-electron chi connectivity index (χ1n) is 8.61. The molecule has 0 spiro atoms. The van der Waals surface area contributed by atoms with Crippen LogP contribution in [0, 0.1) is 6.92 Å². The predicted octanol–water partition coefficient (Wildman–Crippen LogP) is 0.878. The molecule has 23 heavy (non-hydrogen) atoms. The van der Waals surface area contributed by atoms with Gasteiger partial charge in [0.05, 0.1) is 6.42 Å². The molecule has 126 valence electrons. The van der Waals surface area contributed by atoms with Crippen molar-refractivity contribution in [1.82, 2.24) is 19.8 Å². The van der Waals surface area contributed by atoms with Crippen LogP contribution in [0.4, 0.5) is 0 Å². The van der Waals surface area contributed by atoms with E-state index in [2.05, 4.69) is 21.8 Å². The van der Waals surface area contributed by atoms with Crippen LogP contribution in [0.3, 0.4) is 0 Å². The SMILES string of the molecule is CCc1nc(C)c(CC(=O)N2CCN(C3CC3)CC2C)c(=O)[nH]1. The van der Waals surface area contributed by atoms with E-state index < -0.39 is 0 Å². The Labute approximate surface area is 136 Å². The van der Waals surface area contributed by atoms with E-state index >= 15 is 0 Å². The highest BCUT2D eigenvalue weighted by Gasteiger charge is 2.35. The largest absolute Gasteiger partial charge is 0.337 e. The highest BCUT2D eigenvalue weighted by Crippen LogP contribution is 2.28. The van der Waals surface area contributed by atoms with Gasteiger partial charge in [-0.25, -0.2) is 4.98 Å². The van der Waals surface area contributed by atoms with E-state index in [1.54, 1.807) is 0 Å². The van der Waals surface area contributed by atoms with Crippen molar-refractivity contribution < 1.29 is 4.79 Å². The normalized spacial score (nSPS) is 22.4. The number of aromatic nitrogens is 2. The number of carbonyl (C=O) groups is 1. The molecule has 2 fully saturated rings. The number of rotatable bonds is 4. The van der Waals surface area contributed by atoms with Crippen molar-refractivity contribution in [2.24, 2.45) is 0 Å². The minimum absolute atomic E-state index is 0.0348. The lowest BCUT2D eigenvalue weighted by molar-refractivity contribution is -0.135. The van der Waals surface area contributed by atoms with Gasteiger partial charge in [-0.05, 0) is 26.7 Å². The summed E-state index contributed by atoms with van der Waals surface area (Å²) in [5.74, 6) is 0.711. The van der Waals surface area contributed by atoms with Gasteiger partial charge in [0.25, 0.3) is 5.56 Å². The number of hydrogen-bond acceptors (Lipinski definition) is 4. The molecule has 1 N–H and O–H groups in total. The molecule has 1 aromatic heterocycles. The zero-order chi connectivity index (χ0) is 16.6. The van der Waals surface area contributed by atoms with Gasteiger partial charge in [0.15, 0.2) is 0 Å². The molecule has 1 unspecified atom stereocenters. The Morgan fingerprint density at radius 3 is 2.65 bits per heavy atom. The van der Waals surface area contributed by atoms with E-state index in [-0.39, 0.29) is 23.9 Å². The molecule has 1 aromatic rings. The molecule has 3 rings (SSSR count). The van der Waals surface area contributed by atoms with Crippen LogP contribution in [0.1, 0.15) is 43.8 Å². The number of H-pyrrole nitrogens is 1. The molecule has 0 bridgehead atoms. The van der Waals surface area contributed by atoms with Crippen molar-refractivity contribution in [2.75, 3.05) is 19.6 Å². The third-order valence-electron chi connectivity index (χ3n) is 4.98. The van der Waals surface area contributed by atoms with Gasteiger partial charge in [-0.15, -0.1) is 0 Å². The second-order valence-electron chi connectivity index (χ2n) is 6.77. The lowest BCUT2D eigenvalue weighted by Crippen LogP contribution is -2.55. The van der Waals surface area contributed by atoms with Crippen LogP contribution < -0.4 is 5.56 Å². The van der Waals surface area contributed by atoms with Crippen molar-refractivity contribution >= 4 is 5.91 Å². The summed E-state index contributed by atoms with van der Waals surface area (Å²) in [6.07, 6.45) is 3.42. The number of hydrogen-bond donors (Lipinski definition) is 1. The van der Waals surface area contributed by atoms with Gasteiger partial charge in [0.1, 0.15) is 5.82 Å². The Morgan fingerprint density at radius 2 is 2.09 bits per heavy atom. The van der Waals surface area contributed by atoms with E-state index in [1.807, 2.05) is 18.7 Å². The predicted molar refractivity (Wildman–Crippen MR) is 88.4 cm³/mol. The minimum Gasteiger partial charge on any atom is -0.337 e. The zero-order valence-electron chi connectivity index (χ0n) is 14.3. The fraction of sp³-hybridized carbons (Fsp3) is 0.706. The van der Waals surface area contributed by atoms with Crippen LogP contribution >= 0.6 is 0 Å². The molecule has 6 nitrogen and oxygen atoms in total. The second-order valence-corrected chi connectivity index (χ2v) is 6.77. The van der Waals surface area contributed by atoms with Crippen molar-refractivity contribution in [3.05, 3.63) is 27.4 Å². The van der Waals surface area contributed by atoms with E-state index in [0.29, 0.717) is 23.5 Å². The van der Waals surface area contributed by atoms with Gasteiger partial charge in [-0.3, -0.25) is 14.5 Å². The minimum atomic E-state index is -0.174. The quantitative estimate of drug-likeness (QED) is 0.895. The van der Waals surface area contributed by atoms with Crippen LogP contribution in [-0.4, -0.2) is 57.4 Å². The number of amides is 1. The molecule has 0 aromatic carbocycles. The van der Waals surface area contributed by atoms with Crippen LogP contribution in [0.5, 0.6) is 0 Å². The van der Waals surface area contributed by atoms with Crippen molar-refractivity contribution in [3.8, 4) is 0 Å². The van der Waals surface area contributed by atoms with Gasteiger partial charge in [-0.1, -0.05) is 6.92 Å². The van der Waals surface area contributed by atoms with Gasteiger partial charge < -0.3 is 9.88 Å². The lowest BCUT2D eigenvalue weighted by atomic mass is 10.1. The first-order valence-corrected chi connectivity index (χ1v) is 8.61. The summed E-state index contributed by atoms with van der Waals surface area (Å²) in [6, 6.07) is 0.949. The summed E-state index contributed by atoms with van der Waals surface area (Å²) in [7, 11) is 0. The Balaban J connectivity index is 1.68. The van der Waals surface area contributed by atoms with Crippen LogP contribution in [0.25, 0.3) is 0 Å². The number of carbonyl (C=O) groups excluding carboxylic acids is 1. The Bertz CT molecular complexity index is 650. The van der Waals surface area contributed by atoms with E-state index in [0.717, 1.165) is 25.7 Å². The van der Waals surface area contributed by atoms with Crippen molar-refractivity contribution in [1.29, 1.82) is 0 Å². The second kappa shape index (κ2) is 6.43. The highest BCUT2D eigenvalue weighted by molar-refractivity contribution is 5.79. The third-order valence-corrected chi connectivity index (χ3v) is 4.98. The summed E-state index contributed by atoms with van der Waals surface area (Å²) in [5.41, 5.74) is 0.999.